The Kier molecular flexibility index (Phi) is 4.83. The minimum Gasteiger partial charge on any atom is -0.507 e. The van der Waals surface area contributed by atoms with E-state index in [-0.39, 0.29) is 11.7 Å². The quantitative estimate of drug-likeness (QED) is 0.529. The molecule has 0 bridgehead atoms. The molecule has 2 aromatic carbocycles. The molecule has 0 aliphatic carbocycles. The predicted molar refractivity (Wildman–Crippen MR) is 99.4 cm³/mol. The van der Waals surface area contributed by atoms with Gasteiger partial charge < -0.3 is 5.11 Å². The lowest BCUT2D eigenvalue weighted by atomic mass is 10.1. The number of rotatable bonds is 4. The van der Waals surface area contributed by atoms with E-state index in [4.69, 9.17) is 11.6 Å². The van der Waals surface area contributed by atoms with Gasteiger partial charge in [0, 0.05) is 15.6 Å². The van der Waals surface area contributed by atoms with E-state index >= 15 is 0 Å². The number of thiophene rings is 1. The average molecular weight is 359 g/mol. The molecule has 0 fully saturated rings. The van der Waals surface area contributed by atoms with E-state index in [0.29, 0.717) is 15.5 Å². The fraction of sp³-hybridized carbons (Fsp3) is 0.111. The first-order valence-corrected chi connectivity index (χ1v) is 8.62. The minimum absolute atomic E-state index is 0.0995. The van der Waals surface area contributed by atoms with Crippen LogP contribution >= 0.6 is 22.9 Å². The molecule has 3 aromatic rings. The van der Waals surface area contributed by atoms with Crippen molar-refractivity contribution >= 4 is 45.1 Å². The molecule has 0 radical (unpaired) electrons. The number of nitrogens with one attached hydrogen (secondary N) is 1. The number of carbonyl (C=O) groups excluding carboxylic acids is 1. The van der Waals surface area contributed by atoms with Crippen LogP contribution in [0, 0.1) is 0 Å². The number of benzene rings is 2. The standard InChI is InChI=1S/C18H15ClN2O2S/c1-2-11-7-8-13-15(9-11)24-17(16(13)19)18(23)21-20-10-12-5-3-4-6-14(12)22/h3-10,22H,2H2,1H3,(H,21,23). The highest BCUT2D eigenvalue weighted by Crippen LogP contribution is 2.35. The van der Waals surface area contributed by atoms with Crippen molar-refractivity contribution in [2.45, 2.75) is 13.3 Å². The highest BCUT2D eigenvalue weighted by molar-refractivity contribution is 7.21. The van der Waals surface area contributed by atoms with E-state index < -0.39 is 0 Å². The van der Waals surface area contributed by atoms with Crippen LogP contribution in [0.4, 0.5) is 0 Å². The maximum atomic E-state index is 12.3. The molecule has 1 aromatic heterocycles. The molecule has 4 nitrogen and oxygen atoms in total. The zero-order valence-corrected chi connectivity index (χ0v) is 14.5. The number of phenols is 1. The van der Waals surface area contributed by atoms with Gasteiger partial charge in [-0.25, -0.2) is 5.43 Å². The summed E-state index contributed by atoms with van der Waals surface area (Å²) in [5, 5.41) is 14.9. The summed E-state index contributed by atoms with van der Waals surface area (Å²) < 4.78 is 0.981. The SMILES string of the molecule is CCc1ccc2c(Cl)c(C(=O)NN=Cc3ccccc3O)sc2c1. The maximum absolute atomic E-state index is 12.3. The molecule has 1 amide bonds. The summed E-state index contributed by atoms with van der Waals surface area (Å²) in [7, 11) is 0. The molecule has 0 saturated carbocycles. The summed E-state index contributed by atoms with van der Waals surface area (Å²) in [5.74, 6) is -0.270. The van der Waals surface area contributed by atoms with Gasteiger partial charge in [-0.3, -0.25) is 4.79 Å². The second kappa shape index (κ2) is 7.03. The summed E-state index contributed by atoms with van der Waals surface area (Å²) >= 11 is 7.67. The number of amides is 1. The minimum atomic E-state index is -0.370. The van der Waals surface area contributed by atoms with E-state index in [1.807, 2.05) is 18.2 Å². The first-order chi connectivity index (χ1) is 11.6. The monoisotopic (exact) mass is 358 g/mol. The summed E-state index contributed by atoms with van der Waals surface area (Å²) in [6.45, 7) is 2.08. The number of fused-ring (bicyclic) bond motifs is 1. The third kappa shape index (κ3) is 3.27. The van der Waals surface area contributed by atoms with Crippen LogP contribution in [0.5, 0.6) is 5.75 Å². The lowest BCUT2D eigenvalue weighted by Gasteiger charge is -1.99. The average Bonchev–Trinajstić information content (AvgIpc) is 2.92. The van der Waals surface area contributed by atoms with Crippen molar-refractivity contribution in [3.8, 4) is 5.75 Å². The van der Waals surface area contributed by atoms with Crippen molar-refractivity contribution in [3.05, 3.63) is 63.5 Å². The van der Waals surface area contributed by atoms with Crippen LogP contribution in [0.25, 0.3) is 10.1 Å². The van der Waals surface area contributed by atoms with E-state index in [2.05, 4.69) is 17.5 Å². The van der Waals surface area contributed by atoms with Gasteiger partial charge in [-0.1, -0.05) is 42.8 Å². The molecule has 0 spiro atoms. The van der Waals surface area contributed by atoms with Crippen LogP contribution in [-0.4, -0.2) is 17.2 Å². The summed E-state index contributed by atoms with van der Waals surface area (Å²) in [5.41, 5.74) is 4.17. The smallest absolute Gasteiger partial charge is 0.283 e. The fourth-order valence-corrected chi connectivity index (χ4v) is 3.75. The molecule has 2 N–H and O–H groups in total. The number of hydrogen-bond donors (Lipinski definition) is 2. The number of halogens is 1. The van der Waals surface area contributed by atoms with Crippen LogP contribution in [0.2, 0.25) is 5.02 Å². The van der Waals surface area contributed by atoms with Gasteiger partial charge in [0.1, 0.15) is 10.6 Å². The van der Waals surface area contributed by atoms with Gasteiger partial charge in [0.2, 0.25) is 0 Å². The molecule has 0 unspecified atom stereocenters. The molecule has 0 saturated heterocycles. The lowest BCUT2D eigenvalue weighted by molar-refractivity contribution is 0.0959. The Morgan fingerprint density at radius 1 is 1.33 bits per heavy atom. The Hall–Kier alpha value is -2.37. The fourth-order valence-electron chi connectivity index (χ4n) is 2.28. The maximum Gasteiger partial charge on any atom is 0.283 e. The number of hydrogen-bond acceptors (Lipinski definition) is 4. The molecule has 1 heterocycles. The topological polar surface area (TPSA) is 61.7 Å². The van der Waals surface area contributed by atoms with Crippen LogP contribution in [0.1, 0.15) is 27.7 Å². The first kappa shape index (κ1) is 16.5. The van der Waals surface area contributed by atoms with Gasteiger partial charge in [0.15, 0.2) is 0 Å². The largest absolute Gasteiger partial charge is 0.507 e. The Morgan fingerprint density at radius 3 is 2.88 bits per heavy atom. The van der Waals surface area contributed by atoms with Gasteiger partial charge >= 0.3 is 0 Å². The van der Waals surface area contributed by atoms with Crippen molar-refractivity contribution in [2.24, 2.45) is 5.10 Å². The van der Waals surface area contributed by atoms with Crippen molar-refractivity contribution in [1.82, 2.24) is 5.43 Å². The second-order valence-corrected chi connectivity index (χ2v) is 6.62. The van der Waals surface area contributed by atoms with Crippen LogP contribution in [0.3, 0.4) is 0 Å². The molecular weight excluding hydrogens is 344 g/mol. The predicted octanol–water partition coefficient (Wildman–Crippen LogP) is 4.59. The lowest BCUT2D eigenvalue weighted by Crippen LogP contribution is -2.16. The molecule has 6 heteroatoms. The molecule has 0 aliphatic heterocycles. The van der Waals surface area contributed by atoms with E-state index in [0.717, 1.165) is 16.5 Å². The second-order valence-electron chi connectivity index (χ2n) is 5.19. The number of phenolic OH excluding ortho intramolecular Hbond substituents is 1. The molecule has 0 atom stereocenters. The third-order valence-corrected chi connectivity index (χ3v) is 5.27. The van der Waals surface area contributed by atoms with Crippen LogP contribution in [-0.2, 0) is 6.42 Å². The van der Waals surface area contributed by atoms with Crippen LogP contribution in [0.15, 0.2) is 47.6 Å². The summed E-state index contributed by atoms with van der Waals surface area (Å²) in [4.78, 5) is 12.7. The number of para-hydroxylation sites is 1. The number of aryl methyl sites for hydroxylation is 1. The van der Waals surface area contributed by atoms with Crippen LogP contribution < -0.4 is 5.43 Å². The van der Waals surface area contributed by atoms with Gasteiger partial charge in [-0.2, -0.15) is 5.10 Å². The molecular formula is C18H15ClN2O2S. The molecule has 3 rings (SSSR count). The summed E-state index contributed by atoms with van der Waals surface area (Å²) in [6.07, 6.45) is 2.32. The van der Waals surface area contributed by atoms with Gasteiger partial charge in [0.25, 0.3) is 5.91 Å². The van der Waals surface area contributed by atoms with Gasteiger partial charge in [0.05, 0.1) is 11.2 Å². The first-order valence-electron chi connectivity index (χ1n) is 7.42. The Balaban J connectivity index is 1.81. The number of carbonyl (C=O) groups is 1. The molecule has 24 heavy (non-hydrogen) atoms. The Morgan fingerprint density at radius 2 is 2.12 bits per heavy atom. The van der Waals surface area contributed by atoms with Gasteiger partial charge in [-0.05, 0) is 30.2 Å². The number of aromatic hydroxyl groups is 1. The highest BCUT2D eigenvalue weighted by atomic mass is 35.5. The summed E-state index contributed by atoms with van der Waals surface area (Å²) in [6, 6.07) is 12.7. The van der Waals surface area contributed by atoms with Crippen molar-refractivity contribution in [1.29, 1.82) is 0 Å². The zero-order chi connectivity index (χ0) is 17.1. The number of nitrogens with zero attached hydrogens (tertiary/aromatic N) is 1. The van der Waals surface area contributed by atoms with E-state index in [1.54, 1.807) is 24.3 Å². The van der Waals surface area contributed by atoms with E-state index in [9.17, 15) is 9.90 Å². The zero-order valence-electron chi connectivity index (χ0n) is 12.9. The normalized spacial score (nSPS) is 11.2. The van der Waals surface area contributed by atoms with E-state index in [1.165, 1.54) is 23.1 Å². The Bertz CT molecular complexity index is 934. The van der Waals surface area contributed by atoms with Gasteiger partial charge in [-0.15, -0.1) is 11.3 Å². The molecule has 0 aliphatic rings. The Labute approximate surface area is 148 Å². The highest BCUT2D eigenvalue weighted by Gasteiger charge is 2.16. The number of hydrazone groups is 1. The third-order valence-electron chi connectivity index (χ3n) is 3.61. The van der Waals surface area contributed by atoms with Crippen molar-refractivity contribution in [2.75, 3.05) is 0 Å². The van der Waals surface area contributed by atoms with Crippen molar-refractivity contribution < 1.29 is 9.90 Å². The molecule has 122 valence electrons. The van der Waals surface area contributed by atoms with Crippen molar-refractivity contribution in [3.63, 3.8) is 0 Å².